The van der Waals surface area contributed by atoms with E-state index >= 15 is 0 Å². The molecular formula is C13H21N3O. The van der Waals surface area contributed by atoms with Gasteiger partial charge < -0.3 is 10.1 Å². The van der Waals surface area contributed by atoms with Crippen LogP contribution < -0.4 is 5.32 Å². The predicted molar refractivity (Wildman–Crippen MR) is 68.2 cm³/mol. The fourth-order valence-corrected chi connectivity index (χ4v) is 2.07. The maximum absolute atomic E-state index is 5.62. The Balaban J connectivity index is 2.02. The fraction of sp³-hybridized carbons (Fsp3) is 0.692. The van der Waals surface area contributed by atoms with Crippen molar-refractivity contribution in [1.82, 2.24) is 9.97 Å². The summed E-state index contributed by atoms with van der Waals surface area (Å²) in [4.78, 5) is 9.01. The SMILES string of the molecule is CCCNc1cc(C)nc(CC2CCCO2)n1. The van der Waals surface area contributed by atoms with E-state index in [2.05, 4.69) is 22.2 Å². The largest absolute Gasteiger partial charge is 0.378 e. The zero-order chi connectivity index (χ0) is 12.1. The van der Waals surface area contributed by atoms with Crippen molar-refractivity contribution in [3.63, 3.8) is 0 Å². The van der Waals surface area contributed by atoms with Crippen LogP contribution in [-0.2, 0) is 11.2 Å². The van der Waals surface area contributed by atoms with Crippen LogP contribution in [0.2, 0.25) is 0 Å². The number of anilines is 1. The summed E-state index contributed by atoms with van der Waals surface area (Å²) in [6.07, 6.45) is 4.55. The van der Waals surface area contributed by atoms with Gasteiger partial charge in [-0.1, -0.05) is 6.92 Å². The van der Waals surface area contributed by atoms with Crippen LogP contribution in [0.3, 0.4) is 0 Å². The van der Waals surface area contributed by atoms with Crippen molar-refractivity contribution < 1.29 is 4.74 Å². The average Bonchev–Trinajstić information content (AvgIpc) is 2.78. The van der Waals surface area contributed by atoms with Gasteiger partial charge in [0.15, 0.2) is 0 Å². The van der Waals surface area contributed by atoms with Crippen molar-refractivity contribution in [2.75, 3.05) is 18.5 Å². The normalized spacial score (nSPS) is 19.5. The second-order valence-corrected chi connectivity index (χ2v) is 4.58. The lowest BCUT2D eigenvalue weighted by atomic mass is 10.2. The first-order valence-corrected chi connectivity index (χ1v) is 6.48. The minimum absolute atomic E-state index is 0.316. The lowest BCUT2D eigenvalue weighted by molar-refractivity contribution is 0.110. The number of hydrogen-bond donors (Lipinski definition) is 1. The third-order valence-corrected chi connectivity index (χ3v) is 2.89. The van der Waals surface area contributed by atoms with Crippen LogP contribution in [-0.4, -0.2) is 29.2 Å². The molecule has 0 aliphatic carbocycles. The summed E-state index contributed by atoms with van der Waals surface area (Å²) in [5, 5.41) is 3.31. The van der Waals surface area contributed by atoms with Crippen LogP contribution in [0.15, 0.2) is 6.07 Å². The number of aryl methyl sites for hydroxylation is 1. The Morgan fingerprint density at radius 2 is 2.35 bits per heavy atom. The van der Waals surface area contributed by atoms with Gasteiger partial charge in [0.2, 0.25) is 0 Å². The molecule has 2 rings (SSSR count). The molecule has 0 amide bonds. The van der Waals surface area contributed by atoms with Crippen molar-refractivity contribution >= 4 is 5.82 Å². The molecule has 1 saturated heterocycles. The molecule has 0 radical (unpaired) electrons. The quantitative estimate of drug-likeness (QED) is 0.851. The molecular weight excluding hydrogens is 214 g/mol. The molecule has 1 unspecified atom stereocenters. The lowest BCUT2D eigenvalue weighted by Crippen LogP contribution is -2.13. The molecule has 1 atom stereocenters. The van der Waals surface area contributed by atoms with E-state index < -0.39 is 0 Å². The highest BCUT2D eigenvalue weighted by atomic mass is 16.5. The standard InChI is InChI=1S/C13H21N3O/c1-3-6-14-12-8-10(2)15-13(16-12)9-11-5-4-7-17-11/h8,11H,3-7,9H2,1-2H3,(H,14,15,16). The highest BCUT2D eigenvalue weighted by Crippen LogP contribution is 2.16. The topological polar surface area (TPSA) is 47.0 Å². The maximum Gasteiger partial charge on any atom is 0.133 e. The first-order valence-electron chi connectivity index (χ1n) is 6.48. The van der Waals surface area contributed by atoms with Crippen molar-refractivity contribution in [3.8, 4) is 0 Å². The number of ether oxygens (including phenoxy) is 1. The minimum atomic E-state index is 0.316. The fourth-order valence-electron chi connectivity index (χ4n) is 2.07. The Morgan fingerprint density at radius 1 is 1.47 bits per heavy atom. The molecule has 2 heterocycles. The van der Waals surface area contributed by atoms with Crippen molar-refractivity contribution in [1.29, 1.82) is 0 Å². The van der Waals surface area contributed by atoms with Gasteiger partial charge in [-0.05, 0) is 26.2 Å². The van der Waals surface area contributed by atoms with Gasteiger partial charge in [-0.15, -0.1) is 0 Å². The molecule has 1 N–H and O–H groups in total. The first kappa shape index (κ1) is 12.3. The first-order chi connectivity index (χ1) is 8.28. The van der Waals surface area contributed by atoms with Crippen LogP contribution in [0.4, 0.5) is 5.82 Å². The lowest BCUT2D eigenvalue weighted by Gasteiger charge is -2.10. The van der Waals surface area contributed by atoms with Crippen molar-refractivity contribution in [2.45, 2.75) is 45.6 Å². The van der Waals surface area contributed by atoms with Crippen LogP contribution in [0.5, 0.6) is 0 Å². The molecule has 4 nitrogen and oxygen atoms in total. The molecule has 1 aliphatic rings. The van der Waals surface area contributed by atoms with Crippen molar-refractivity contribution in [2.24, 2.45) is 0 Å². The number of hydrogen-bond acceptors (Lipinski definition) is 4. The number of nitrogens with one attached hydrogen (secondary N) is 1. The summed E-state index contributed by atoms with van der Waals surface area (Å²) in [6.45, 7) is 6.00. The predicted octanol–water partition coefficient (Wildman–Crippen LogP) is 2.33. The van der Waals surface area contributed by atoms with E-state index in [1.54, 1.807) is 0 Å². The summed E-state index contributed by atoms with van der Waals surface area (Å²) in [7, 11) is 0. The number of aromatic nitrogens is 2. The van der Waals surface area contributed by atoms with Gasteiger partial charge in [-0.3, -0.25) is 0 Å². The summed E-state index contributed by atoms with van der Waals surface area (Å²) in [5.74, 6) is 1.84. The highest BCUT2D eigenvalue weighted by molar-refractivity contribution is 5.35. The van der Waals surface area contributed by atoms with Crippen LogP contribution >= 0.6 is 0 Å². The van der Waals surface area contributed by atoms with E-state index in [0.29, 0.717) is 6.10 Å². The van der Waals surface area contributed by atoms with E-state index in [0.717, 1.165) is 56.2 Å². The van der Waals surface area contributed by atoms with E-state index in [1.165, 1.54) is 0 Å². The van der Waals surface area contributed by atoms with E-state index in [-0.39, 0.29) is 0 Å². The zero-order valence-electron chi connectivity index (χ0n) is 10.7. The average molecular weight is 235 g/mol. The molecule has 0 bridgehead atoms. The molecule has 1 aromatic rings. The van der Waals surface area contributed by atoms with Gasteiger partial charge in [0.25, 0.3) is 0 Å². The second kappa shape index (κ2) is 5.96. The molecule has 0 saturated carbocycles. The monoisotopic (exact) mass is 235 g/mol. The van der Waals surface area contributed by atoms with E-state index in [4.69, 9.17) is 4.74 Å². The summed E-state index contributed by atoms with van der Waals surface area (Å²) < 4.78 is 5.62. The van der Waals surface area contributed by atoms with Gasteiger partial charge in [0.05, 0.1) is 6.10 Å². The van der Waals surface area contributed by atoms with Gasteiger partial charge >= 0.3 is 0 Å². The Hall–Kier alpha value is -1.16. The Kier molecular flexibility index (Phi) is 4.31. The molecule has 0 spiro atoms. The van der Waals surface area contributed by atoms with Crippen LogP contribution in [0.25, 0.3) is 0 Å². The summed E-state index contributed by atoms with van der Waals surface area (Å²) >= 11 is 0. The second-order valence-electron chi connectivity index (χ2n) is 4.58. The molecule has 94 valence electrons. The number of rotatable bonds is 5. The summed E-state index contributed by atoms with van der Waals surface area (Å²) in [5.41, 5.74) is 1.02. The molecule has 0 aromatic carbocycles. The van der Waals surface area contributed by atoms with E-state index in [1.807, 2.05) is 13.0 Å². The molecule has 4 heteroatoms. The molecule has 1 aromatic heterocycles. The molecule has 1 fully saturated rings. The maximum atomic E-state index is 5.62. The minimum Gasteiger partial charge on any atom is -0.378 e. The zero-order valence-corrected chi connectivity index (χ0v) is 10.7. The molecule has 1 aliphatic heterocycles. The van der Waals surface area contributed by atoms with Gasteiger partial charge in [0.1, 0.15) is 11.6 Å². The van der Waals surface area contributed by atoms with E-state index in [9.17, 15) is 0 Å². The third-order valence-electron chi connectivity index (χ3n) is 2.89. The van der Waals surface area contributed by atoms with Crippen molar-refractivity contribution in [3.05, 3.63) is 17.6 Å². The number of nitrogens with zero attached hydrogens (tertiary/aromatic N) is 2. The Bertz CT molecular complexity index is 362. The smallest absolute Gasteiger partial charge is 0.133 e. The Morgan fingerprint density at radius 3 is 3.06 bits per heavy atom. The van der Waals surface area contributed by atoms with Gasteiger partial charge in [-0.25, -0.2) is 9.97 Å². The van der Waals surface area contributed by atoms with Gasteiger partial charge in [0, 0.05) is 31.3 Å². The van der Waals surface area contributed by atoms with Crippen LogP contribution in [0, 0.1) is 6.92 Å². The highest BCUT2D eigenvalue weighted by Gasteiger charge is 2.17. The van der Waals surface area contributed by atoms with Crippen LogP contribution in [0.1, 0.15) is 37.7 Å². The third kappa shape index (κ3) is 3.66. The Labute approximate surface area is 103 Å². The summed E-state index contributed by atoms with van der Waals surface area (Å²) in [6, 6.07) is 1.99. The van der Waals surface area contributed by atoms with Gasteiger partial charge in [-0.2, -0.15) is 0 Å². The molecule has 17 heavy (non-hydrogen) atoms.